The van der Waals surface area contributed by atoms with E-state index in [4.69, 9.17) is 26.1 Å². The number of aliphatic carboxylic acids is 2. The fourth-order valence-corrected chi connectivity index (χ4v) is 7.11. The first-order valence-corrected chi connectivity index (χ1v) is 23.7. The summed E-state index contributed by atoms with van der Waals surface area (Å²) in [6, 6.07) is 13.3. The van der Waals surface area contributed by atoms with Crippen LogP contribution in [0.3, 0.4) is 0 Å². The van der Waals surface area contributed by atoms with Gasteiger partial charge in [-0.2, -0.15) is 26.7 Å². The Labute approximate surface area is 421 Å². The van der Waals surface area contributed by atoms with Gasteiger partial charge in [-0.1, -0.05) is 44.2 Å². The van der Waals surface area contributed by atoms with Gasteiger partial charge in [-0.05, 0) is 73.2 Å². The van der Waals surface area contributed by atoms with Gasteiger partial charge in [0.2, 0.25) is 29.5 Å². The molecule has 0 bridgehead atoms. The zero-order valence-electron chi connectivity index (χ0n) is 39.7. The van der Waals surface area contributed by atoms with Crippen LogP contribution in [-0.4, -0.2) is 139 Å². The van der Waals surface area contributed by atoms with Crippen molar-refractivity contribution in [1.29, 1.82) is 0 Å². The molecule has 3 aromatic rings. The number of carboxylic acid groups (broad SMARTS) is 2. The minimum Gasteiger partial charge on any atom is -0.494 e. The normalized spacial score (nSPS) is 17.9. The molecule has 1 aliphatic heterocycles. The molecule has 4 rings (SSSR count). The number of carboxylic acids is 2. The number of aliphatic imine (C=N–C) groups is 1. The lowest BCUT2D eigenvalue weighted by Gasteiger charge is -2.27. The van der Waals surface area contributed by atoms with E-state index in [0.29, 0.717) is 29.0 Å². The number of halogens is 3. The Morgan fingerprint density at radius 2 is 1.46 bits per heavy atom. The number of hydrogen-bond acceptors (Lipinski definition) is 14. The maximum Gasteiger partial charge on any atom is 0.490 e. The van der Waals surface area contributed by atoms with Crippen LogP contribution in [0.2, 0.25) is 0 Å². The van der Waals surface area contributed by atoms with Crippen molar-refractivity contribution in [2.24, 2.45) is 27.5 Å². The largest absolute Gasteiger partial charge is 0.494 e. The summed E-state index contributed by atoms with van der Waals surface area (Å²) in [5.74, 6) is -8.89. The van der Waals surface area contributed by atoms with Crippen molar-refractivity contribution in [3.63, 3.8) is 0 Å². The molecule has 0 aromatic heterocycles. The summed E-state index contributed by atoms with van der Waals surface area (Å²) in [5.41, 5.74) is 15.1. The molecule has 3 aromatic carbocycles. The molecule has 1 heterocycles. The number of benzene rings is 3. The lowest BCUT2D eigenvalue weighted by Crippen LogP contribution is -2.59. The van der Waals surface area contributed by atoms with Crippen LogP contribution in [0.4, 0.5) is 18.9 Å². The quantitative estimate of drug-likeness (QED) is 0.0247. The number of nitrogens with two attached hydrogens (primary N) is 2. The van der Waals surface area contributed by atoms with Crippen LogP contribution < -0.4 is 53.5 Å². The summed E-state index contributed by atoms with van der Waals surface area (Å²) in [7, 11) is -4.44. The maximum absolute atomic E-state index is 13.8. The number of nitrogens with zero attached hydrogens (tertiary/aromatic N) is 2. The van der Waals surface area contributed by atoms with Crippen LogP contribution in [0.25, 0.3) is 0 Å². The van der Waals surface area contributed by atoms with Gasteiger partial charge >= 0.3 is 18.1 Å². The summed E-state index contributed by atoms with van der Waals surface area (Å²) in [4.78, 5) is 104. The molecule has 1 saturated heterocycles. The van der Waals surface area contributed by atoms with Crippen molar-refractivity contribution in [3.8, 4) is 5.75 Å². The van der Waals surface area contributed by atoms with Crippen molar-refractivity contribution in [2.75, 3.05) is 31.7 Å². The van der Waals surface area contributed by atoms with E-state index < -0.39 is 101 Å². The predicted octanol–water partition coefficient (Wildman–Crippen LogP) is 0.00730. The second-order valence-electron chi connectivity index (χ2n) is 16.3. The molecule has 0 spiro atoms. The number of anilines is 1. The molecule has 74 heavy (non-hydrogen) atoms. The number of nitrogens with one attached hydrogen (secondary N) is 7. The molecule has 2 unspecified atom stereocenters. The molecule has 0 saturated carbocycles. The second-order valence-corrected chi connectivity index (χ2v) is 17.7. The van der Waals surface area contributed by atoms with Crippen LogP contribution in [0, 0.1) is 5.92 Å². The van der Waals surface area contributed by atoms with E-state index in [1.807, 2.05) is 0 Å². The first-order chi connectivity index (χ1) is 34.7. The standard InChI is InChI=1S/C43H55N11O12S.C2HF3O2/c1-25(2)37-42(62)52-32(41(61)51-33(22-36(56)57)39(59)48-24-35(55)50-31(40(60)53-37)8-5-18-47-43(44)45)21-26-10-16-30(17-11-26)66-20-6-19-46-38(58)27-12-14-29(15-13-27)54-49-23-28-7-3-4-9-34(28)67(63,64)65;3-2(4,5)1(6)7/h3-4,7,9-17,23,25,31-33,37,54H,5-6,8,18-22,24H2,1-2H3,(H,46,58)(H,48,59)(H,50,55)(H,51,61)(H,52,62)(H,53,60)(H,56,57)(H4,44,45,47)(H,63,64,65);(H,6,7)/t31?,32-,33?,37-;/m1./s1. The lowest BCUT2D eigenvalue weighted by molar-refractivity contribution is -0.192. The van der Waals surface area contributed by atoms with E-state index in [1.165, 1.54) is 24.4 Å². The number of rotatable bonds is 19. The molecular formula is C45H56F3N11O14S. The summed E-state index contributed by atoms with van der Waals surface area (Å²) in [5, 5.41) is 36.0. The van der Waals surface area contributed by atoms with Crippen LogP contribution >= 0.6 is 0 Å². The number of carbonyl (C=O) groups excluding carboxylic acids is 6. The molecule has 1 aliphatic rings. The third kappa shape index (κ3) is 21.2. The van der Waals surface area contributed by atoms with Crippen LogP contribution in [0.15, 0.2) is 87.8 Å². The van der Waals surface area contributed by atoms with E-state index >= 15 is 0 Å². The van der Waals surface area contributed by atoms with Crippen molar-refractivity contribution < 1.29 is 79.4 Å². The van der Waals surface area contributed by atoms with E-state index in [9.17, 15) is 64.8 Å². The van der Waals surface area contributed by atoms with Gasteiger partial charge in [-0.25, -0.2) is 4.79 Å². The van der Waals surface area contributed by atoms with Crippen molar-refractivity contribution in [2.45, 2.75) is 81.2 Å². The van der Waals surface area contributed by atoms with Gasteiger partial charge in [0.1, 0.15) is 34.8 Å². The third-order valence-electron chi connectivity index (χ3n) is 10.1. The topological polar surface area (TPSA) is 402 Å². The molecular weight excluding hydrogens is 1010 g/mol. The van der Waals surface area contributed by atoms with Gasteiger partial charge in [-0.3, -0.25) is 48.5 Å². The zero-order valence-corrected chi connectivity index (χ0v) is 40.5. The number of carbonyl (C=O) groups is 8. The molecule has 1 fully saturated rings. The molecule has 402 valence electrons. The summed E-state index contributed by atoms with van der Waals surface area (Å²) < 4.78 is 70.1. The number of guanidine groups is 1. The van der Waals surface area contributed by atoms with E-state index in [-0.39, 0.29) is 61.3 Å². The minimum atomic E-state index is -5.08. The Hall–Kier alpha value is -8.34. The molecule has 14 N–H and O–H groups in total. The Kier molecular flexibility index (Phi) is 23.2. The highest BCUT2D eigenvalue weighted by atomic mass is 32.2. The van der Waals surface area contributed by atoms with Crippen LogP contribution in [-0.2, 0) is 50.1 Å². The molecule has 4 atom stereocenters. The van der Waals surface area contributed by atoms with Gasteiger partial charge in [0.15, 0.2) is 5.96 Å². The average Bonchev–Trinajstić information content (AvgIpc) is 3.32. The van der Waals surface area contributed by atoms with Gasteiger partial charge in [-0.15, -0.1) is 0 Å². The van der Waals surface area contributed by atoms with Crippen LogP contribution in [0.5, 0.6) is 5.75 Å². The molecule has 0 radical (unpaired) electrons. The fraction of sp³-hybridized carbons (Fsp3) is 0.378. The van der Waals surface area contributed by atoms with Crippen LogP contribution in [0.1, 0.15) is 61.0 Å². The van der Waals surface area contributed by atoms with E-state index in [2.05, 4.69) is 47.4 Å². The maximum atomic E-state index is 13.8. The molecule has 6 amide bonds. The Morgan fingerprint density at radius 1 is 0.838 bits per heavy atom. The zero-order chi connectivity index (χ0) is 55.2. The van der Waals surface area contributed by atoms with E-state index in [1.54, 1.807) is 68.4 Å². The first kappa shape index (κ1) is 60.0. The number of ether oxygens (including phenoxy) is 1. The Bertz CT molecular complexity index is 2630. The van der Waals surface area contributed by atoms with Crippen molar-refractivity contribution in [3.05, 3.63) is 89.5 Å². The second kappa shape index (κ2) is 28.6. The number of alkyl halides is 3. The average molecular weight is 1060 g/mol. The van der Waals surface area contributed by atoms with E-state index in [0.717, 1.165) is 0 Å². The van der Waals surface area contributed by atoms with Gasteiger partial charge in [0.25, 0.3) is 16.0 Å². The molecule has 29 heteroatoms. The van der Waals surface area contributed by atoms with Gasteiger partial charge < -0.3 is 58.3 Å². The Morgan fingerprint density at radius 3 is 2.05 bits per heavy atom. The number of hydrazone groups is 1. The Balaban J connectivity index is 0.00000192. The fourth-order valence-electron chi connectivity index (χ4n) is 6.44. The summed E-state index contributed by atoms with van der Waals surface area (Å²) >= 11 is 0. The highest BCUT2D eigenvalue weighted by molar-refractivity contribution is 7.86. The SMILES string of the molecule is CC(C)[C@H]1NC(=O)C(CCCN=C(N)N)NC(=O)CNC(=O)C(CC(=O)O)NC(=O)[C@@H](Cc2ccc(OCCCNC(=O)c3ccc(NN=Cc4ccccc4S(=O)(=O)O)cc3)cc2)NC1=O.O=C(O)C(F)(F)F. The highest BCUT2D eigenvalue weighted by Gasteiger charge is 2.38. The summed E-state index contributed by atoms with van der Waals surface area (Å²) in [6.07, 6.45) is -4.08. The smallest absolute Gasteiger partial charge is 0.490 e. The third-order valence-corrected chi connectivity index (χ3v) is 11.1. The molecule has 0 aliphatic carbocycles. The lowest BCUT2D eigenvalue weighted by atomic mass is 9.99. The van der Waals surface area contributed by atoms with Gasteiger partial charge in [0, 0.05) is 30.6 Å². The van der Waals surface area contributed by atoms with Gasteiger partial charge in [0.05, 0.1) is 31.5 Å². The minimum absolute atomic E-state index is 0.0494. The first-order valence-electron chi connectivity index (χ1n) is 22.3. The summed E-state index contributed by atoms with van der Waals surface area (Å²) in [6.45, 7) is 3.30. The highest BCUT2D eigenvalue weighted by Crippen LogP contribution is 2.17. The monoisotopic (exact) mass is 1060 g/mol. The predicted molar refractivity (Wildman–Crippen MR) is 258 cm³/mol. The molecule has 25 nitrogen and oxygen atoms in total. The number of hydrogen-bond donors (Lipinski definition) is 12. The van der Waals surface area contributed by atoms with Crippen molar-refractivity contribution >= 4 is 75.4 Å². The number of amides is 6. The van der Waals surface area contributed by atoms with Crippen molar-refractivity contribution in [1.82, 2.24) is 31.9 Å².